The number of nitrogens with zero attached hydrogens (tertiary/aromatic N) is 1. The largest absolute Gasteiger partial charge is 0.305 e. The molecule has 1 heterocycles. The van der Waals surface area contributed by atoms with E-state index in [9.17, 15) is 9.18 Å². The van der Waals surface area contributed by atoms with Crippen molar-refractivity contribution >= 4 is 11.6 Å². The number of rotatable bonds is 1. The standard InChI is InChI=1S/C15H12FNO/c16-13-7-3-4-8-14(13)17-10-9-11-5-1-2-6-12(11)15(17)18/h1-8H,9-10H2. The minimum absolute atomic E-state index is 0.123. The second-order valence-electron chi connectivity index (χ2n) is 4.32. The summed E-state index contributed by atoms with van der Waals surface area (Å²) in [6.07, 6.45) is 0.760. The summed E-state index contributed by atoms with van der Waals surface area (Å²) < 4.78 is 13.7. The summed E-state index contributed by atoms with van der Waals surface area (Å²) in [5.74, 6) is -0.479. The van der Waals surface area contributed by atoms with Crippen LogP contribution in [0, 0.1) is 5.82 Å². The zero-order valence-electron chi connectivity index (χ0n) is 9.77. The Morgan fingerprint density at radius 3 is 2.56 bits per heavy atom. The van der Waals surface area contributed by atoms with Crippen molar-refractivity contribution in [2.75, 3.05) is 11.4 Å². The zero-order valence-corrected chi connectivity index (χ0v) is 9.77. The SMILES string of the molecule is O=C1c2ccccc2CCN1c1ccccc1F. The van der Waals surface area contributed by atoms with E-state index in [0.29, 0.717) is 17.8 Å². The third kappa shape index (κ3) is 1.68. The summed E-state index contributed by atoms with van der Waals surface area (Å²) in [5, 5.41) is 0. The molecule has 3 rings (SSSR count). The molecule has 0 radical (unpaired) electrons. The maximum absolute atomic E-state index is 13.7. The molecule has 0 saturated heterocycles. The van der Waals surface area contributed by atoms with Crippen molar-refractivity contribution in [3.05, 3.63) is 65.5 Å². The van der Waals surface area contributed by atoms with Gasteiger partial charge in [-0.3, -0.25) is 4.79 Å². The van der Waals surface area contributed by atoms with Gasteiger partial charge in [-0.05, 0) is 30.2 Å². The molecule has 0 spiro atoms. The van der Waals surface area contributed by atoms with Gasteiger partial charge in [-0.25, -0.2) is 4.39 Å². The van der Waals surface area contributed by atoms with E-state index in [4.69, 9.17) is 0 Å². The van der Waals surface area contributed by atoms with Crippen LogP contribution in [0.1, 0.15) is 15.9 Å². The molecule has 90 valence electrons. The number of anilines is 1. The highest BCUT2D eigenvalue weighted by Gasteiger charge is 2.26. The first-order valence-electron chi connectivity index (χ1n) is 5.91. The maximum atomic E-state index is 13.7. The van der Waals surface area contributed by atoms with E-state index in [2.05, 4.69) is 0 Å². The van der Waals surface area contributed by atoms with Crippen molar-refractivity contribution < 1.29 is 9.18 Å². The van der Waals surface area contributed by atoms with Gasteiger partial charge >= 0.3 is 0 Å². The molecule has 1 amide bonds. The molecule has 0 saturated carbocycles. The Hall–Kier alpha value is -2.16. The molecule has 3 heteroatoms. The third-order valence-corrected chi connectivity index (χ3v) is 3.24. The van der Waals surface area contributed by atoms with Crippen LogP contribution in [-0.2, 0) is 6.42 Å². The molecule has 0 N–H and O–H groups in total. The van der Waals surface area contributed by atoms with E-state index in [1.807, 2.05) is 18.2 Å². The van der Waals surface area contributed by atoms with Crippen molar-refractivity contribution in [2.24, 2.45) is 0 Å². The summed E-state index contributed by atoms with van der Waals surface area (Å²) >= 11 is 0. The lowest BCUT2D eigenvalue weighted by Gasteiger charge is -2.28. The van der Waals surface area contributed by atoms with Gasteiger partial charge < -0.3 is 4.90 Å². The van der Waals surface area contributed by atoms with Gasteiger partial charge in [-0.1, -0.05) is 30.3 Å². The van der Waals surface area contributed by atoms with Crippen LogP contribution >= 0.6 is 0 Å². The van der Waals surface area contributed by atoms with Crippen LogP contribution in [0.25, 0.3) is 0 Å². The quantitative estimate of drug-likeness (QED) is 0.751. The fourth-order valence-corrected chi connectivity index (χ4v) is 2.33. The lowest BCUT2D eigenvalue weighted by atomic mass is 9.98. The number of hydrogen-bond acceptors (Lipinski definition) is 1. The number of carbonyl (C=O) groups is 1. The van der Waals surface area contributed by atoms with Crippen LogP contribution in [0.4, 0.5) is 10.1 Å². The molecule has 18 heavy (non-hydrogen) atoms. The molecule has 2 nitrogen and oxygen atoms in total. The number of carbonyl (C=O) groups excluding carboxylic acids is 1. The predicted molar refractivity (Wildman–Crippen MR) is 68.2 cm³/mol. The van der Waals surface area contributed by atoms with Gasteiger partial charge in [0.25, 0.3) is 5.91 Å². The highest BCUT2D eigenvalue weighted by molar-refractivity contribution is 6.08. The molecule has 0 aliphatic carbocycles. The van der Waals surface area contributed by atoms with Crippen molar-refractivity contribution in [3.63, 3.8) is 0 Å². The molecule has 0 unspecified atom stereocenters. The average Bonchev–Trinajstić information content (AvgIpc) is 2.41. The van der Waals surface area contributed by atoms with E-state index in [1.54, 1.807) is 24.3 Å². The van der Waals surface area contributed by atoms with Crippen LogP contribution < -0.4 is 4.90 Å². The Kier molecular flexibility index (Phi) is 2.59. The van der Waals surface area contributed by atoms with Crippen molar-refractivity contribution in [1.82, 2.24) is 0 Å². The highest BCUT2D eigenvalue weighted by Crippen LogP contribution is 2.26. The van der Waals surface area contributed by atoms with Gasteiger partial charge in [0.15, 0.2) is 0 Å². The van der Waals surface area contributed by atoms with E-state index in [0.717, 1.165) is 12.0 Å². The molecule has 0 bridgehead atoms. The summed E-state index contributed by atoms with van der Waals surface area (Å²) in [4.78, 5) is 13.8. The predicted octanol–water partition coefficient (Wildman–Crippen LogP) is 3.03. The molecule has 2 aromatic carbocycles. The summed E-state index contributed by atoms with van der Waals surface area (Å²) in [5.41, 5.74) is 2.07. The fraction of sp³-hybridized carbons (Fsp3) is 0.133. The van der Waals surface area contributed by atoms with E-state index in [1.165, 1.54) is 11.0 Å². The molecule has 1 aliphatic heterocycles. The summed E-state index contributed by atoms with van der Waals surface area (Å²) in [6, 6.07) is 13.9. The smallest absolute Gasteiger partial charge is 0.258 e. The van der Waals surface area contributed by atoms with Crippen molar-refractivity contribution in [1.29, 1.82) is 0 Å². The molecule has 2 aromatic rings. The maximum Gasteiger partial charge on any atom is 0.258 e. The molecular formula is C15H12FNO. The molecule has 1 aliphatic rings. The number of hydrogen-bond donors (Lipinski definition) is 0. The van der Waals surface area contributed by atoms with Gasteiger partial charge in [0, 0.05) is 12.1 Å². The lowest BCUT2D eigenvalue weighted by Crippen LogP contribution is -2.38. The first-order valence-corrected chi connectivity index (χ1v) is 5.91. The normalized spacial score (nSPS) is 14.5. The summed E-state index contributed by atoms with van der Waals surface area (Å²) in [7, 11) is 0. The topological polar surface area (TPSA) is 20.3 Å². The van der Waals surface area contributed by atoms with E-state index < -0.39 is 0 Å². The monoisotopic (exact) mass is 241 g/mol. The van der Waals surface area contributed by atoms with E-state index >= 15 is 0 Å². The second-order valence-corrected chi connectivity index (χ2v) is 4.32. The molecule has 0 aromatic heterocycles. The van der Waals surface area contributed by atoms with Gasteiger partial charge in [0.05, 0.1) is 5.69 Å². The third-order valence-electron chi connectivity index (χ3n) is 3.24. The Morgan fingerprint density at radius 1 is 1.00 bits per heavy atom. The molecular weight excluding hydrogens is 229 g/mol. The van der Waals surface area contributed by atoms with E-state index in [-0.39, 0.29) is 11.7 Å². The molecule has 0 atom stereocenters. The first-order chi connectivity index (χ1) is 8.77. The van der Waals surface area contributed by atoms with Gasteiger partial charge in [0.1, 0.15) is 5.82 Å². The average molecular weight is 241 g/mol. The Labute approximate surface area is 105 Å². The highest BCUT2D eigenvalue weighted by atomic mass is 19.1. The number of amides is 1. The Bertz CT molecular complexity index is 609. The summed E-state index contributed by atoms with van der Waals surface area (Å²) in [6.45, 7) is 0.525. The van der Waals surface area contributed by atoms with Gasteiger partial charge in [0.2, 0.25) is 0 Å². The molecule has 0 fully saturated rings. The van der Waals surface area contributed by atoms with Crippen LogP contribution in [0.3, 0.4) is 0 Å². The van der Waals surface area contributed by atoms with Gasteiger partial charge in [-0.15, -0.1) is 0 Å². The second kappa shape index (κ2) is 4.26. The minimum atomic E-state index is -0.356. The minimum Gasteiger partial charge on any atom is -0.305 e. The van der Waals surface area contributed by atoms with Crippen molar-refractivity contribution in [3.8, 4) is 0 Å². The number of halogens is 1. The van der Waals surface area contributed by atoms with Crippen LogP contribution in [0.15, 0.2) is 48.5 Å². The Balaban J connectivity index is 2.03. The van der Waals surface area contributed by atoms with Crippen LogP contribution in [0.5, 0.6) is 0 Å². The van der Waals surface area contributed by atoms with Crippen LogP contribution in [-0.4, -0.2) is 12.5 Å². The number of para-hydroxylation sites is 1. The first kappa shape index (κ1) is 11.0. The Morgan fingerprint density at radius 2 is 1.72 bits per heavy atom. The van der Waals surface area contributed by atoms with Crippen molar-refractivity contribution in [2.45, 2.75) is 6.42 Å². The lowest BCUT2D eigenvalue weighted by molar-refractivity contribution is 0.0980. The van der Waals surface area contributed by atoms with Gasteiger partial charge in [-0.2, -0.15) is 0 Å². The zero-order chi connectivity index (χ0) is 12.5. The fourth-order valence-electron chi connectivity index (χ4n) is 2.33. The van der Waals surface area contributed by atoms with Crippen LogP contribution in [0.2, 0.25) is 0 Å². The number of benzene rings is 2. The number of fused-ring (bicyclic) bond motifs is 1.